The highest BCUT2D eigenvalue weighted by Gasteiger charge is 2.28. The summed E-state index contributed by atoms with van der Waals surface area (Å²) in [6.45, 7) is 4.08. The number of hydrogen-bond acceptors (Lipinski definition) is 3. The molecule has 2 rings (SSSR count). The molecule has 0 spiro atoms. The molecule has 1 heterocycles. The van der Waals surface area contributed by atoms with Crippen LogP contribution in [0.3, 0.4) is 0 Å². The van der Waals surface area contributed by atoms with E-state index in [1.54, 1.807) is 0 Å². The molecule has 1 aromatic rings. The van der Waals surface area contributed by atoms with Gasteiger partial charge in [0.1, 0.15) is 0 Å². The second-order valence-electron chi connectivity index (χ2n) is 5.30. The summed E-state index contributed by atoms with van der Waals surface area (Å²) in [6.07, 6.45) is 2.76. The minimum Gasteiger partial charge on any atom is -0.377 e. The third-order valence-electron chi connectivity index (χ3n) is 3.54. The highest BCUT2D eigenvalue weighted by atomic mass is 32.2. The first-order chi connectivity index (χ1) is 10.1. The Labute approximate surface area is 127 Å². The van der Waals surface area contributed by atoms with Gasteiger partial charge in [-0.25, -0.2) is 0 Å². The molecule has 6 heteroatoms. The molecule has 1 atom stereocenters. The second kappa shape index (κ2) is 7.89. The van der Waals surface area contributed by atoms with Crippen LogP contribution in [-0.2, 0) is 21.5 Å². The van der Waals surface area contributed by atoms with Crippen LogP contribution >= 0.6 is 0 Å². The van der Waals surface area contributed by atoms with Crippen LogP contribution in [0.5, 0.6) is 0 Å². The van der Waals surface area contributed by atoms with Gasteiger partial charge in [0.2, 0.25) is 0 Å². The Hall–Kier alpha value is -0.950. The van der Waals surface area contributed by atoms with Crippen LogP contribution < -0.4 is 4.72 Å². The van der Waals surface area contributed by atoms with Crippen molar-refractivity contribution in [1.82, 2.24) is 9.03 Å². The number of hydrogen-bond donors (Lipinski definition) is 1. The third-order valence-corrected chi connectivity index (χ3v) is 5.06. The summed E-state index contributed by atoms with van der Waals surface area (Å²) in [5.41, 5.74) is 0.955. The van der Waals surface area contributed by atoms with Crippen LogP contribution in [0.25, 0.3) is 0 Å². The van der Waals surface area contributed by atoms with Gasteiger partial charge >= 0.3 is 0 Å². The maximum absolute atomic E-state index is 12.3. The lowest BCUT2D eigenvalue weighted by atomic mass is 10.1. The summed E-state index contributed by atoms with van der Waals surface area (Å²) in [5, 5.41) is 0. The molecule has 1 N–H and O–H groups in total. The Balaban J connectivity index is 1.89. The minimum absolute atomic E-state index is 0.0204. The zero-order valence-electron chi connectivity index (χ0n) is 12.5. The van der Waals surface area contributed by atoms with Gasteiger partial charge in [-0.2, -0.15) is 17.4 Å². The van der Waals surface area contributed by atoms with E-state index in [9.17, 15) is 8.42 Å². The molecule has 5 nitrogen and oxygen atoms in total. The summed E-state index contributed by atoms with van der Waals surface area (Å²) in [6, 6.07) is 9.54. The highest BCUT2D eigenvalue weighted by Crippen LogP contribution is 2.16. The molecular weight excluding hydrogens is 288 g/mol. The van der Waals surface area contributed by atoms with Gasteiger partial charge < -0.3 is 4.74 Å². The maximum Gasteiger partial charge on any atom is 0.279 e. The third kappa shape index (κ3) is 5.07. The number of rotatable bonds is 7. The van der Waals surface area contributed by atoms with Gasteiger partial charge in [-0.15, -0.1) is 0 Å². The first kappa shape index (κ1) is 16.4. The van der Waals surface area contributed by atoms with E-state index in [4.69, 9.17) is 4.74 Å². The van der Waals surface area contributed by atoms with Gasteiger partial charge in [-0.3, -0.25) is 0 Å². The number of nitrogens with zero attached hydrogens (tertiary/aromatic N) is 1. The van der Waals surface area contributed by atoms with Crippen molar-refractivity contribution in [3.8, 4) is 0 Å². The van der Waals surface area contributed by atoms with E-state index in [1.807, 2.05) is 30.3 Å². The summed E-state index contributed by atoms with van der Waals surface area (Å²) >= 11 is 0. The molecule has 0 bridgehead atoms. The monoisotopic (exact) mass is 312 g/mol. The Morgan fingerprint density at radius 3 is 2.81 bits per heavy atom. The first-order valence-electron chi connectivity index (χ1n) is 7.52. The second-order valence-corrected chi connectivity index (χ2v) is 7.06. The minimum atomic E-state index is -3.44. The molecule has 1 aromatic carbocycles. The van der Waals surface area contributed by atoms with Crippen LogP contribution in [0.15, 0.2) is 30.3 Å². The van der Waals surface area contributed by atoms with Crippen molar-refractivity contribution in [1.29, 1.82) is 0 Å². The van der Waals surface area contributed by atoms with Gasteiger partial charge in [0.15, 0.2) is 0 Å². The Morgan fingerprint density at radius 2 is 2.10 bits per heavy atom. The predicted octanol–water partition coefficient (Wildman–Crippen LogP) is 1.91. The van der Waals surface area contributed by atoms with Crippen molar-refractivity contribution in [3.63, 3.8) is 0 Å². The van der Waals surface area contributed by atoms with Crippen molar-refractivity contribution in [3.05, 3.63) is 35.9 Å². The van der Waals surface area contributed by atoms with E-state index in [-0.39, 0.29) is 6.10 Å². The molecule has 0 radical (unpaired) electrons. The van der Waals surface area contributed by atoms with E-state index >= 15 is 0 Å². The predicted molar refractivity (Wildman–Crippen MR) is 83.0 cm³/mol. The number of piperidine rings is 1. The molecule has 0 saturated carbocycles. The highest BCUT2D eigenvalue weighted by molar-refractivity contribution is 7.87. The van der Waals surface area contributed by atoms with E-state index in [2.05, 4.69) is 11.6 Å². The van der Waals surface area contributed by atoms with Crippen molar-refractivity contribution >= 4 is 10.2 Å². The first-order valence-corrected chi connectivity index (χ1v) is 8.96. The van der Waals surface area contributed by atoms with Crippen molar-refractivity contribution in [2.24, 2.45) is 0 Å². The van der Waals surface area contributed by atoms with Gasteiger partial charge in [0.25, 0.3) is 10.2 Å². The Morgan fingerprint density at radius 1 is 1.33 bits per heavy atom. The average molecular weight is 312 g/mol. The van der Waals surface area contributed by atoms with Gasteiger partial charge in [-0.05, 0) is 24.8 Å². The molecule has 1 fully saturated rings. The standard InChI is InChI=1S/C15H24N2O3S/c1-2-11-20-15-9-6-10-17(13-15)21(18,19)16-12-14-7-4-3-5-8-14/h3-5,7-8,15-16H,2,6,9-13H2,1H3. The van der Waals surface area contributed by atoms with E-state index in [0.717, 1.165) is 24.8 Å². The van der Waals surface area contributed by atoms with Crippen LogP contribution in [0.1, 0.15) is 31.7 Å². The molecular formula is C15H24N2O3S. The largest absolute Gasteiger partial charge is 0.377 e. The van der Waals surface area contributed by atoms with E-state index in [0.29, 0.717) is 26.2 Å². The topological polar surface area (TPSA) is 58.6 Å². The maximum atomic E-state index is 12.3. The number of nitrogens with one attached hydrogen (secondary N) is 1. The van der Waals surface area contributed by atoms with Gasteiger partial charge in [-0.1, -0.05) is 37.3 Å². The molecule has 21 heavy (non-hydrogen) atoms. The number of ether oxygens (including phenoxy) is 1. The lowest BCUT2D eigenvalue weighted by molar-refractivity contribution is 0.0191. The molecule has 118 valence electrons. The van der Waals surface area contributed by atoms with Crippen LogP contribution in [0, 0.1) is 0 Å². The molecule has 1 aliphatic rings. The molecule has 1 unspecified atom stereocenters. The molecule has 0 aromatic heterocycles. The average Bonchev–Trinajstić information content (AvgIpc) is 2.52. The SMILES string of the molecule is CCCOC1CCCN(S(=O)(=O)NCc2ccccc2)C1. The molecule has 0 aliphatic carbocycles. The Kier molecular flexibility index (Phi) is 6.17. The lowest BCUT2D eigenvalue weighted by Gasteiger charge is -2.31. The zero-order valence-corrected chi connectivity index (χ0v) is 13.3. The normalized spacial score (nSPS) is 20.5. The number of benzene rings is 1. The summed E-state index contributed by atoms with van der Waals surface area (Å²) in [5.74, 6) is 0. The van der Waals surface area contributed by atoms with E-state index in [1.165, 1.54) is 4.31 Å². The molecule has 0 amide bonds. The summed E-state index contributed by atoms with van der Waals surface area (Å²) in [7, 11) is -3.44. The summed E-state index contributed by atoms with van der Waals surface area (Å²) in [4.78, 5) is 0. The van der Waals surface area contributed by atoms with Crippen molar-refractivity contribution in [2.45, 2.75) is 38.8 Å². The molecule has 1 saturated heterocycles. The van der Waals surface area contributed by atoms with Crippen LogP contribution in [-0.4, -0.2) is 38.5 Å². The van der Waals surface area contributed by atoms with E-state index < -0.39 is 10.2 Å². The van der Waals surface area contributed by atoms with Gasteiger partial charge in [0, 0.05) is 26.2 Å². The van der Waals surface area contributed by atoms with Gasteiger partial charge in [0.05, 0.1) is 6.10 Å². The fourth-order valence-electron chi connectivity index (χ4n) is 2.41. The summed E-state index contributed by atoms with van der Waals surface area (Å²) < 4.78 is 34.5. The molecule has 1 aliphatic heterocycles. The quantitative estimate of drug-likeness (QED) is 0.837. The van der Waals surface area contributed by atoms with Crippen molar-refractivity contribution < 1.29 is 13.2 Å². The fourth-order valence-corrected chi connectivity index (χ4v) is 3.67. The lowest BCUT2D eigenvalue weighted by Crippen LogP contribution is -2.48. The Bertz CT molecular complexity index is 519. The fraction of sp³-hybridized carbons (Fsp3) is 0.600. The van der Waals surface area contributed by atoms with Crippen LogP contribution in [0.2, 0.25) is 0 Å². The zero-order chi connectivity index (χ0) is 15.1. The van der Waals surface area contributed by atoms with Crippen molar-refractivity contribution in [2.75, 3.05) is 19.7 Å². The van der Waals surface area contributed by atoms with Crippen LogP contribution in [0.4, 0.5) is 0 Å². The smallest absolute Gasteiger partial charge is 0.279 e.